The van der Waals surface area contributed by atoms with Crippen LogP contribution >= 0.6 is 0 Å². The second kappa shape index (κ2) is 9.12. The highest BCUT2D eigenvalue weighted by atomic mass is 32.2. The Balaban J connectivity index is 1.59. The summed E-state index contributed by atoms with van der Waals surface area (Å²) in [4.78, 5) is 22.3. The van der Waals surface area contributed by atoms with E-state index in [2.05, 4.69) is 15.4 Å². The molecule has 2 aromatic carbocycles. The predicted molar refractivity (Wildman–Crippen MR) is 110 cm³/mol. The second-order valence-corrected chi connectivity index (χ2v) is 8.85. The van der Waals surface area contributed by atoms with E-state index in [0.29, 0.717) is 12.1 Å². The standard InChI is InChI=1S/C19H19F3N4O5S/c20-19(21,22)12-4-7-16(17(10-12)26(28)29)23-9-8-18(27)24-14-2-1-3-15(11-14)32(30,31)25-13-5-6-13/h1-4,7,10-11,13,23,25H,5-6,8-9H2,(H,24,27). The minimum atomic E-state index is -4.72. The van der Waals surface area contributed by atoms with Crippen LogP contribution in [0.1, 0.15) is 24.8 Å². The summed E-state index contributed by atoms with van der Waals surface area (Å²) in [7, 11) is -3.69. The van der Waals surface area contributed by atoms with Crippen molar-refractivity contribution in [3.8, 4) is 0 Å². The van der Waals surface area contributed by atoms with E-state index in [4.69, 9.17) is 0 Å². The number of carbonyl (C=O) groups is 1. The number of alkyl halides is 3. The predicted octanol–water partition coefficient (Wildman–Crippen LogP) is 3.50. The molecule has 32 heavy (non-hydrogen) atoms. The number of benzene rings is 2. The van der Waals surface area contributed by atoms with E-state index in [-0.39, 0.29) is 35.3 Å². The average molecular weight is 472 g/mol. The average Bonchev–Trinajstić information content (AvgIpc) is 3.50. The minimum Gasteiger partial charge on any atom is -0.379 e. The lowest BCUT2D eigenvalue weighted by Gasteiger charge is -2.11. The fourth-order valence-electron chi connectivity index (χ4n) is 2.77. The Kier molecular flexibility index (Phi) is 6.69. The van der Waals surface area contributed by atoms with Gasteiger partial charge in [-0.3, -0.25) is 14.9 Å². The molecule has 0 spiro atoms. The maximum Gasteiger partial charge on any atom is 0.416 e. The van der Waals surface area contributed by atoms with E-state index >= 15 is 0 Å². The number of amides is 1. The van der Waals surface area contributed by atoms with E-state index in [1.165, 1.54) is 24.3 Å². The summed E-state index contributed by atoms with van der Waals surface area (Å²) in [5, 5.41) is 16.2. The summed E-state index contributed by atoms with van der Waals surface area (Å²) in [5.74, 6) is -0.517. The van der Waals surface area contributed by atoms with Crippen molar-refractivity contribution in [2.75, 3.05) is 17.2 Å². The van der Waals surface area contributed by atoms with Gasteiger partial charge in [0.2, 0.25) is 15.9 Å². The highest BCUT2D eigenvalue weighted by Gasteiger charge is 2.33. The van der Waals surface area contributed by atoms with Gasteiger partial charge in [0.1, 0.15) is 5.69 Å². The molecule has 0 atom stereocenters. The number of nitro benzene ring substituents is 1. The normalized spacial score (nSPS) is 14.1. The van der Waals surface area contributed by atoms with E-state index in [9.17, 15) is 36.5 Å². The number of carbonyl (C=O) groups excluding carboxylic acids is 1. The summed E-state index contributed by atoms with van der Waals surface area (Å²) in [6, 6.07) is 7.66. The minimum absolute atomic E-state index is 0.000652. The van der Waals surface area contributed by atoms with E-state index in [1.807, 2.05) is 0 Å². The molecule has 0 heterocycles. The molecule has 13 heteroatoms. The lowest BCUT2D eigenvalue weighted by Crippen LogP contribution is -2.25. The lowest BCUT2D eigenvalue weighted by molar-refractivity contribution is -0.384. The van der Waals surface area contributed by atoms with Gasteiger partial charge in [-0.15, -0.1) is 0 Å². The Morgan fingerprint density at radius 3 is 2.50 bits per heavy atom. The van der Waals surface area contributed by atoms with Gasteiger partial charge in [-0.2, -0.15) is 13.2 Å². The monoisotopic (exact) mass is 472 g/mol. The Labute approximate surface area is 181 Å². The number of sulfonamides is 1. The molecule has 3 rings (SSSR count). The number of nitro groups is 1. The lowest BCUT2D eigenvalue weighted by atomic mass is 10.1. The van der Waals surface area contributed by atoms with E-state index < -0.39 is 38.3 Å². The van der Waals surface area contributed by atoms with Gasteiger partial charge in [-0.05, 0) is 43.2 Å². The van der Waals surface area contributed by atoms with Gasteiger partial charge in [0.25, 0.3) is 5.69 Å². The summed E-state index contributed by atoms with van der Waals surface area (Å²) in [6.07, 6.45) is -3.34. The van der Waals surface area contributed by atoms with Gasteiger partial charge in [0, 0.05) is 30.8 Å². The van der Waals surface area contributed by atoms with Crippen molar-refractivity contribution < 1.29 is 31.3 Å². The highest BCUT2D eigenvalue weighted by molar-refractivity contribution is 7.89. The van der Waals surface area contributed by atoms with Crippen molar-refractivity contribution in [2.45, 2.75) is 36.4 Å². The van der Waals surface area contributed by atoms with Crippen LogP contribution in [0.15, 0.2) is 47.4 Å². The van der Waals surface area contributed by atoms with Gasteiger partial charge in [-0.1, -0.05) is 6.07 Å². The van der Waals surface area contributed by atoms with Crippen molar-refractivity contribution >= 4 is 33.0 Å². The van der Waals surface area contributed by atoms with Crippen LogP contribution < -0.4 is 15.4 Å². The molecule has 9 nitrogen and oxygen atoms in total. The number of nitrogens with zero attached hydrogens (tertiary/aromatic N) is 1. The van der Waals surface area contributed by atoms with Crippen LogP contribution in [-0.2, 0) is 21.0 Å². The van der Waals surface area contributed by atoms with Crippen LogP contribution in [0.4, 0.5) is 30.2 Å². The first-order chi connectivity index (χ1) is 15.0. The SMILES string of the molecule is O=C(CCNc1ccc(C(F)(F)F)cc1[N+](=O)[O-])Nc1cccc(S(=O)(=O)NC2CC2)c1. The quantitative estimate of drug-likeness (QED) is 0.378. The third kappa shape index (κ3) is 6.17. The fourth-order valence-corrected chi connectivity index (χ4v) is 4.12. The molecule has 0 saturated heterocycles. The Bertz CT molecular complexity index is 1130. The van der Waals surface area contributed by atoms with Crippen LogP contribution in [0.5, 0.6) is 0 Å². The molecule has 1 aliphatic rings. The van der Waals surface area contributed by atoms with Crippen molar-refractivity contribution in [3.63, 3.8) is 0 Å². The Hall–Kier alpha value is -3.19. The number of rotatable bonds is 9. The van der Waals surface area contributed by atoms with Crippen molar-refractivity contribution in [3.05, 3.63) is 58.1 Å². The fraction of sp³-hybridized carbons (Fsp3) is 0.316. The maximum atomic E-state index is 12.8. The number of nitrogens with one attached hydrogen (secondary N) is 3. The second-order valence-electron chi connectivity index (χ2n) is 7.14. The first kappa shape index (κ1) is 23.5. The zero-order chi connectivity index (χ0) is 23.5. The van der Waals surface area contributed by atoms with E-state index in [0.717, 1.165) is 18.9 Å². The molecule has 0 aliphatic heterocycles. The number of hydrogen-bond donors (Lipinski definition) is 3. The Morgan fingerprint density at radius 2 is 1.88 bits per heavy atom. The Morgan fingerprint density at radius 1 is 1.16 bits per heavy atom. The summed E-state index contributed by atoms with van der Waals surface area (Å²) in [6.45, 7) is -0.0980. The molecule has 1 aliphatic carbocycles. The molecule has 2 aromatic rings. The van der Waals surface area contributed by atoms with Gasteiger partial charge in [0.15, 0.2) is 0 Å². The topological polar surface area (TPSA) is 130 Å². The van der Waals surface area contributed by atoms with Crippen LogP contribution in [0.2, 0.25) is 0 Å². The van der Waals surface area contributed by atoms with Crippen LogP contribution in [0, 0.1) is 10.1 Å². The van der Waals surface area contributed by atoms with Gasteiger partial charge in [0.05, 0.1) is 15.4 Å². The zero-order valence-corrected chi connectivity index (χ0v) is 17.3. The van der Waals surface area contributed by atoms with Crippen LogP contribution in [0.25, 0.3) is 0 Å². The molecule has 0 aromatic heterocycles. The smallest absolute Gasteiger partial charge is 0.379 e. The van der Waals surface area contributed by atoms with Gasteiger partial charge in [-0.25, -0.2) is 13.1 Å². The van der Waals surface area contributed by atoms with Gasteiger partial charge >= 0.3 is 6.18 Å². The molecule has 0 unspecified atom stereocenters. The molecule has 1 saturated carbocycles. The van der Waals surface area contributed by atoms with E-state index in [1.54, 1.807) is 0 Å². The van der Waals surface area contributed by atoms with Gasteiger partial charge < -0.3 is 10.6 Å². The summed E-state index contributed by atoms with van der Waals surface area (Å²) >= 11 is 0. The van der Waals surface area contributed by atoms with Crippen LogP contribution in [-0.4, -0.2) is 31.8 Å². The van der Waals surface area contributed by atoms with Crippen molar-refractivity contribution in [1.29, 1.82) is 0 Å². The maximum absolute atomic E-state index is 12.8. The highest BCUT2D eigenvalue weighted by Crippen LogP contribution is 2.35. The number of hydrogen-bond acceptors (Lipinski definition) is 6. The summed E-state index contributed by atoms with van der Waals surface area (Å²) < 4.78 is 65.3. The largest absolute Gasteiger partial charge is 0.416 e. The van der Waals surface area contributed by atoms with Crippen LogP contribution in [0.3, 0.4) is 0 Å². The summed E-state index contributed by atoms with van der Waals surface area (Å²) in [5.41, 5.74) is -1.83. The first-order valence-electron chi connectivity index (χ1n) is 9.47. The molecule has 172 valence electrons. The number of halogens is 3. The van der Waals surface area contributed by atoms with Crippen molar-refractivity contribution in [2.24, 2.45) is 0 Å². The molecular formula is C19H19F3N4O5S. The molecule has 1 amide bonds. The molecule has 0 bridgehead atoms. The van der Waals surface area contributed by atoms with Crippen molar-refractivity contribution in [1.82, 2.24) is 4.72 Å². The molecule has 0 radical (unpaired) electrons. The molecule has 1 fully saturated rings. The number of anilines is 2. The first-order valence-corrected chi connectivity index (χ1v) is 11.0. The third-order valence-corrected chi connectivity index (χ3v) is 6.03. The third-order valence-electron chi connectivity index (χ3n) is 4.52. The molecular weight excluding hydrogens is 453 g/mol. The molecule has 3 N–H and O–H groups in total. The zero-order valence-electron chi connectivity index (χ0n) is 16.5.